The van der Waals surface area contributed by atoms with Gasteiger partial charge >= 0.3 is 0 Å². The number of fused-ring (bicyclic) bond motifs is 4. The molecule has 9 nitrogen and oxygen atoms in total. The van der Waals surface area contributed by atoms with E-state index in [0.717, 1.165) is 35.9 Å². The van der Waals surface area contributed by atoms with Gasteiger partial charge in [0.15, 0.2) is 11.6 Å². The Morgan fingerprint density at radius 3 is 2.72 bits per heavy atom. The number of piperidine rings is 1. The van der Waals surface area contributed by atoms with Crippen LogP contribution in [0.3, 0.4) is 0 Å². The highest BCUT2D eigenvalue weighted by Crippen LogP contribution is 2.42. The smallest absolute Gasteiger partial charge is 0.251 e. The highest BCUT2D eigenvalue weighted by atomic mass is 16.5. The van der Waals surface area contributed by atoms with Crippen molar-refractivity contribution >= 4 is 11.7 Å². The van der Waals surface area contributed by atoms with Crippen LogP contribution in [0, 0.1) is 19.8 Å². The van der Waals surface area contributed by atoms with Crippen molar-refractivity contribution in [1.82, 2.24) is 24.8 Å². The van der Waals surface area contributed by atoms with E-state index >= 15 is 0 Å². The molecule has 1 amide bonds. The minimum atomic E-state index is -0.579. The number of amides is 1. The largest absolute Gasteiger partial charge is 0.359 e. The molecule has 5 rings (SSSR count). The minimum absolute atomic E-state index is 0.0177. The summed E-state index contributed by atoms with van der Waals surface area (Å²) in [6.07, 6.45) is 0.852. The lowest BCUT2D eigenvalue weighted by atomic mass is 9.78. The zero-order chi connectivity index (χ0) is 22.4. The second-order valence-corrected chi connectivity index (χ2v) is 8.86. The Kier molecular flexibility index (Phi) is 5.03. The van der Waals surface area contributed by atoms with E-state index in [2.05, 4.69) is 20.3 Å². The van der Waals surface area contributed by atoms with Crippen LogP contribution in [0.2, 0.25) is 0 Å². The zero-order valence-corrected chi connectivity index (χ0v) is 18.4. The predicted molar refractivity (Wildman–Crippen MR) is 117 cm³/mol. The van der Waals surface area contributed by atoms with Crippen LogP contribution >= 0.6 is 0 Å². The first-order valence-corrected chi connectivity index (χ1v) is 10.8. The van der Waals surface area contributed by atoms with Crippen molar-refractivity contribution < 1.29 is 9.32 Å². The van der Waals surface area contributed by atoms with E-state index in [9.17, 15) is 9.59 Å². The van der Waals surface area contributed by atoms with Crippen LogP contribution in [0.25, 0.3) is 0 Å². The van der Waals surface area contributed by atoms with Crippen molar-refractivity contribution in [1.29, 1.82) is 0 Å². The van der Waals surface area contributed by atoms with Crippen molar-refractivity contribution in [3.05, 3.63) is 69.6 Å². The summed E-state index contributed by atoms with van der Waals surface area (Å²) < 4.78 is 7.01. The molecule has 3 aromatic heterocycles. The van der Waals surface area contributed by atoms with E-state index in [1.54, 1.807) is 22.6 Å². The van der Waals surface area contributed by atoms with Gasteiger partial charge in [0.1, 0.15) is 6.04 Å². The molecule has 0 aliphatic carbocycles. The van der Waals surface area contributed by atoms with Gasteiger partial charge in [0.05, 0.1) is 17.9 Å². The van der Waals surface area contributed by atoms with Gasteiger partial charge in [-0.25, -0.2) is 0 Å². The van der Waals surface area contributed by atoms with Crippen LogP contribution in [0.15, 0.2) is 45.7 Å². The van der Waals surface area contributed by atoms with Gasteiger partial charge in [-0.15, -0.1) is 5.10 Å². The summed E-state index contributed by atoms with van der Waals surface area (Å²) >= 11 is 0. The van der Waals surface area contributed by atoms with E-state index in [4.69, 9.17) is 4.52 Å². The molecule has 166 valence electrons. The number of carbonyl (C=O) groups excluding carboxylic acids is 1. The molecule has 32 heavy (non-hydrogen) atoms. The maximum absolute atomic E-state index is 13.7. The summed E-state index contributed by atoms with van der Waals surface area (Å²) in [6, 6.07) is 10.4. The van der Waals surface area contributed by atoms with Crippen LogP contribution in [0.5, 0.6) is 0 Å². The van der Waals surface area contributed by atoms with Crippen LogP contribution in [0.4, 0.5) is 5.82 Å². The lowest BCUT2D eigenvalue weighted by molar-refractivity contribution is -0.137. The lowest BCUT2D eigenvalue weighted by Crippen LogP contribution is -2.53. The van der Waals surface area contributed by atoms with Gasteiger partial charge in [0.2, 0.25) is 5.91 Å². The molecule has 2 aliphatic heterocycles. The van der Waals surface area contributed by atoms with Crippen LogP contribution in [0.1, 0.15) is 41.2 Å². The Morgan fingerprint density at radius 1 is 1.16 bits per heavy atom. The van der Waals surface area contributed by atoms with E-state index in [-0.39, 0.29) is 23.3 Å². The third kappa shape index (κ3) is 3.57. The fourth-order valence-corrected chi connectivity index (χ4v) is 5.03. The Balaban J connectivity index is 1.49. The number of anilines is 1. The molecule has 0 spiro atoms. The third-order valence-electron chi connectivity index (χ3n) is 6.45. The molecule has 0 saturated carbocycles. The van der Waals surface area contributed by atoms with Crippen molar-refractivity contribution in [3.8, 4) is 0 Å². The standard InChI is InChI=1S/C23H26N6O3/c1-14-7-8-20(25-24-14)28-11-16-10-17(12-28)22(29-19(16)5-4-6-21(29)30)23(31)27(3)13-18-9-15(2)26-32-18/h4-9,16-17,22H,10-13H2,1-3H3/t16-,17+,22+/m0/s1. The van der Waals surface area contributed by atoms with Crippen LogP contribution < -0.4 is 10.5 Å². The summed E-state index contributed by atoms with van der Waals surface area (Å²) in [6.45, 7) is 5.43. The summed E-state index contributed by atoms with van der Waals surface area (Å²) in [5, 5.41) is 12.5. The van der Waals surface area contributed by atoms with E-state index in [1.165, 1.54) is 6.07 Å². The number of hydrogen-bond acceptors (Lipinski definition) is 7. The number of aromatic nitrogens is 4. The first kappa shape index (κ1) is 20.4. The predicted octanol–water partition coefficient (Wildman–Crippen LogP) is 2.07. The number of likely N-dealkylation sites (N-methyl/N-ethyl adjacent to an activating group) is 1. The van der Waals surface area contributed by atoms with Crippen molar-refractivity contribution in [2.75, 3.05) is 25.0 Å². The van der Waals surface area contributed by atoms with Gasteiger partial charge in [-0.2, -0.15) is 5.10 Å². The Labute approximate surface area is 185 Å². The number of aryl methyl sites for hydroxylation is 2. The average Bonchev–Trinajstić information content (AvgIpc) is 3.19. The van der Waals surface area contributed by atoms with Gasteiger partial charge in [0, 0.05) is 49.8 Å². The SMILES string of the molecule is Cc1ccc(N2C[C@@H]3C[C@H](C2)[C@H](C(=O)N(C)Cc2cc(C)no2)n2c3cccc2=O)nn1. The highest BCUT2D eigenvalue weighted by molar-refractivity contribution is 5.81. The molecule has 0 unspecified atom stereocenters. The van der Waals surface area contributed by atoms with Gasteiger partial charge in [-0.3, -0.25) is 14.2 Å². The Hall–Kier alpha value is -3.49. The second-order valence-electron chi connectivity index (χ2n) is 8.86. The molecule has 3 aromatic rings. The number of rotatable bonds is 4. The summed E-state index contributed by atoms with van der Waals surface area (Å²) in [4.78, 5) is 30.4. The average molecular weight is 435 g/mol. The summed E-state index contributed by atoms with van der Waals surface area (Å²) in [7, 11) is 1.74. The summed E-state index contributed by atoms with van der Waals surface area (Å²) in [5.74, 6) is 1.45. The fourth-order valence-electron chi connectivity index (χ4n) is 5.03. The van der Waals surface area contributed by atoms with E-state index < -0.39 is 6.04 Å². The molecule has 5 heterocycles. The quantitative estimate of drug-likeness (QED) is 0.620. The molecule has 2 bridgehead atoms. The molecule has 1 saturated heterocycles. The lowest BCUT2D eigenvalue weighted by Gasteiger charge is -2.47. The number of hydrogen-bond donors (Lipinski definition) is 0. The van der Waals surface area contributed by atoms with Crippen molar-refractivity contribution in [3.63, 3.8) is 0 Å². The van der Waals surface area contributed by atoms with Gasteiger partial charge in [0.25, 0.3) is 5.56 Å². The first-order valence-electron chi connectivity index (χ1n) is 10.8. The molecular weight excluding hydrogens is 408 g/mol. The van der Waals surface area contributed by atoms with E-state index in [1.807, 2.05) is 38.1 Å². The normalized spacial score (nSPS) is 21.8. The maximum Gasteiger partial charge on any atom is 0.251 e. The van der Waals surface area contributed by atoms with Gasteiger partial charge in [-0.05, 0) is 38.5 Å². The topological polar surface area (TPSA) is 97.4 Å². The monoisotopic (exact) mass is 434 g/mol. The third-order valence-corrected chi connectivity index (χ3v) is 6.45. The minimum Gasteiger partial charge on any atom is -0.359 e. The van der Waals surface area contributed by atoms with Crippen LogP contribution in [-0.2, 0) is 11.3 Å². The van der Waals surface area contributed by atoms with Gasteiger partial charge < -0.3 is 14.3 Å². The number of carbonyl (C=O) groups is 1. The molecular formula is C23H26N6O3. The number of nitrogens with zero attached hydrogens (tertiary/aromatic N) is 6. The molecule has 0 N–H and O–H groups in total. The molecule has 3 atom stereocenters. The molecule has 0 aromatic carbocycles. The van der Waals surface area contributed by atoms with E-state index in [0.29, 0.717) is 18.8 Å². The maximum atomic E-state index is 13.7. The molecule has 0 radical (unpaired) electrons. The second kappa shape index (κ2) is 7.89. The highest BCUT2D eigenvalue weighted by Gasteiger charge is 2.45. The molecule has 9 heteroatoms. The fraction of sp³-hybridized carbons (Fsp3) is 0.435. The van der Waals surface area contributed by atoms with Crippen molar-refractivity contribution in [2.24, 2.45) is 5.92 Å². The zero-order valence-electron chi connectivity index (χ0n) is 18.4. The van der Waals surface area contributed by atoms with Gasteiger partial charge in [-0.1, -0.05) is 11.2 Å². The molecule has 1 fully saturated rings. The Morgan fingerprint density at radius 2 is 2.00 bits per heavy atom. The summed E-state index contributed by atoms with van der Waals surface area (Å²) in [5.41, 5.74) is 2.40. The van der Waals surface area contributed by atoms with Crippen molar-refractivity contribution in [2.45, 2.75) is 38.8 Å². The molecule has 2 aliphatic rings. The Bertz CT molecular complexity index is 1200. The first-order chi connectivity index (χ1) is 15.4. The van der Waals surface area contributed by atoms with Crippen LogP contribution in [-0.4, -0.2) is 50.9 Å². The number of pyridine rings is 1.